The van der Waals surface area contributed by atoms with Gasteiger partial charge in [-0.15, -0.1) is 11.3 Å². The summed E-state index contributed by atoms with van der Waals surface area (Å²) in [4.78, 5) is 5.01. The average molecular weight is 589 g/mol. The highest BCUT2D eigenvalue weighted by molar-refractivity contribution is 7.26. The molecule has 1 aromatic heterocycles. The van der Waals surface area contributed by atoms with E-state index in [4.69, 9.17) is 0 Å². The molecule has 0 bridgehead atoms. The SMILES string of the molecule is CC(C)(C)c1ccc(N2c3ccccc3B3c4c2cccc4N(c2ccc(C(C)(C)C)cc2)c2sc4ccccc4c23)cc1. The van der Waals surface area contributed by atoms with Gasteiger partial charge in [0.05, 0.1) is 5.00 Å². The van der Waals surface area contributed by atoms with E-state index in [1.54, 1.807) is 0 Å². The molecule has 0 aliphatic carbocycles. The van der Waals surface area contributed by atoms with Gasteiger partial charge in [-0.1, -0.05) is 108 Å². The van der Waals surface area contributed by atoms with E-state index in [1.807, 2.05) is 11.3 Å². The molecule has 3 heterocycles. The first-order chi connectivity index (χ1) is 21.1. The summed E-state index contributed by atoms with van der Waals surface area (Å²) in [6.45, 7) is 13.8. The van der Waals surface area contributed by atoms with Crippen molar-refractivity contribution >= 4 is 78.0 Å². The fraction of sp³-hybridized carbons (Fsp3) is 0.200. The number of hydrogen-bond acceptors (Lipinski definition) is 3. The number of para-hydroxylation sites is 1. The monoisotopic (exact) mass is 588 g/mol. The molecule has 0 N–H and O–H groups in total. The number of anilines is 6. The Kier molecular flexibility index (Phi) is 5.96. The topological polar surface area (TPSA) is 6.48 Å². The van der Waals surface area contributed by atoms with Gasteiger partial charge in [0.1, 0.15) is 0 Å². The van der Waals surface area contributed by atoms with Crippen LogP contribution >= 0.6 is 11.3 Å². The normalized spacial score (nSPS) is 14.0. The Balaban J connectivity index is 1.41. The Morgan fingerprint density at radius 2 is 1.02 bits per heavy atom. The van der Waals surface area contributed by atoms with E-state index >= 15 is 0 Å². The lowest BCUT2D eigenvalue weighted by atomic mass is 9.33. The molecule has 6 aromatic rings. The Labute approximate surface area is 265 Å². The molecular formula is C40H37BN2S. The summed E-state index contributed by atoms with van der Waals surface area (Å²) >= 11 is 1.91. The summed E-state index contributed by atoms with van der Waals surface area (Å²) in [5.74, 6) is 0. The Morgan fingerprint density at radius 1 is 0.500 bits per heavy atom. The van der Waals surface area contributed by atoms with Crippen LogP contribution in [0.15, 0.2) is 115 Å². The highest BCUT2D eigenvalue weighted by Gasteiger charge is 2.44. The van der Waals surface area contributed by atoms with Gasteiger partial charge in [-0.05, 0) is 92.3 Å². The third kappa shape index (κ3) is 4.08. The molecule has 5 aromatic carbocycles. The van der Waals surface area contributed by atoms with E-state index in [-0.39, 0.29) is 17.5 Å². The highest BCUT2D eigenvalue weighted by atomic mass is 32.1. The molecule has 8 rings (SSSR count). The van der Waals surface area contributed by atoms with Crippen molar-refractivity contribution in [3.63, 3.8) is 0 Å². The second-order valence-electron chi connectivity index (χ2n) is 14.3. The smallest absolute Gasteiger partial charge is 0.254 e. The quantitative estimate of drug-likeness (QED) is 0.186. The summed E-state index contributed by atoms with van der Waals surface area (Å²) in [5, 5.41) is 2.68. The lowest BCUT2D eigenvalue weighted by Crippen LogP contribution is -2.61. The third-order valence-electron chi connectivity index (χ3n) is 9.41. The van der Waals surface area contributed by atoms with E-state index in [0.29, 0.717) is 0 Å². The fourth-order valence-corrected chi connectivity index (χ4v) is 8.39. The van der Waals surface area contributed by atoms with Crippen LogP contribution in [0.25, 0.3) is 10.1 Å². The van der Waals surface area contributed by atoms with E-state index in [0.717, 1.165) is 0 Å². The number of nitrogens with zero attached hydrogens (tertiary/aromatic N) is 2. The molecule has 0 fully saturated rings. The number of hydrogen-bond donors (Lipinski definition) is 0. The molecule has 0 spiro atoms. The zero-order valence-corrected chi connectivity index (χ0v) is 27.2. The number of benzene rings is 5. The van der Waals surface area contributed by atoms with Crippen LogP contribution in [-0.2, 0) is 10.8 Å². The van der Waals surface area contributed by atoms with Crippen LogP contribution in [-0.4, -0.2) is 6.71 Å². The van der Waals surface area contributed by atoms with Gasteiger partial charge < -0.3 is 9.80 Å². The van der Waals surface area contributed by atoms with Crippen molar-refractivity contribution in [2.24, 2.45) is 0 Å². The van der Waals surface area contributed by atoms with Crippen molar-refractivity contribution in [1.82, 2.24) is 0 Å². The molecule has 0 atom stereocenters. The fourth-order valence-electron chi connectivity index (χ4n) is 7.11. The van der Waals surface area contributed by atoms with Crippen molar-refractivity contribution in [3.8, 4) is 0 Å². The molecule has 0 radical (unpaired) electrons. The average Bonchev–Trinajstić information content (AvgIpc) is 3.39. The minimum atomic E-state index is 0.104. The molecule has 2 aliphatic heterocycles. The van der Waals surface area contributed by atoms with Crippen molar-refractivity contribution in [2.45, 2.75) is 52.4 Å². The van der Waals surface area contributed by atoms with Crippen molar-refractivity contribution in [3.05, 3.63) is 126 Å². The first-order valence-corrected chi connectivity index (χ1v) is 16.5. The van der Waals surface area contributed by atoms with Gasteiger partial charge in [-0.2, -0.15) is 0 Å². The zero-order valence-electron chi connectivity index (χ0n) is 26.3. The minimum absolute atomic E-state index is 0.104. The van der Waals surface area contributed by atoms with E-state index < -0.39 is 0 Å². The maximum absolute atomic E-state index is 2.52. The maximum Gasteiger partial charge on any atom is 0.254 e. The predicted octanol–water partition coefficient (Wildman–Crippen LogP) is 9.58. The van der Waals surface area contributed by atoms with Gasteiger partial charge in [0.2, 0.25) is 0 Å². The van der Waals surface area contributed by atoms with Gasteiger partial charge in [-0.25, -0.2) is 0 Å². The van der Waals surface area contributed by atoms with Crippen molar-refractivity contribution < 1.29 is 0 Å². The molecule has 0 unspecified atom stereocenters. The number of rotatable bonds is 2. The molecule has 2 aliphatic rings. The van der Waals surface area contributed by atoms with Crippen LogP contribution in [0.3, 0.4) is 0 Å². The highest BCUT2D eigenvalue weighted by Crippen LogP contribution is 2.47. The van der Waals surface area contributed by atoms with Crippen LogP contribution in [0.5, 0.6) is 0 Å². The second kappa shape index (κ2) is 9.61. The van der Waals surface area contributed by atoms with Crippen molar-refractivity contribution in [2.75, 3.05) is 9.80 Å². The van der Waals surface area contributed by atoms with Gasteiger partial charge >= 0.3 is 0 Å². The molecule has 4 heteroatoms. The largest absolute Gasteiger partial charge is 0.311 e. The first kappa shape index (κ1) is 27.3. The number of fused-ring (bicyclic) bond motifs is 6. The summed E-state index contributed by atoms with van der Waals surface area (Å²) in [5.41, 5.74) is 13.2. The molecule has 0 saturated heterocycles. The van der Waals surface area contributed by atoms with Gasteiger partial charge in [0.25, 0.3) is 6.71 Å². The summed E-state index contributed by atoms with van der Waals surface area (Å²) in [6.07, 6.45) is 0. The van der Waals surface area contributed by atoms with E-state index in [1.165, 1.54) is 71.0 Å². The van der Waals surface area contributed by atoms with E-state index in [9.17, 15) is 0 Å². The van der Waals surface area contributed by atoms with Crippen LogP contribution in [0.2, 0.25) is 0 Å². The standard InChI is InChI=1S/C40H37BN2S/c1-39(2,3)26-18-22-28(23-19-26)42-32-14-9-8-13-31(32)41-36-30-12-7-10-17-35(30)44-38(36)43(34-16-11-15-33(42)37(34)41)29-24-20-27(21-25-29)40(4,5)6/h7-25H,1-6H3. The summed E-state index contributed by atoms with van der Waals surface area (Å²) < 4.78 is 1.33. The van der Waals surface area contributed by atoms with Crippen LogP contribution in [0.4, 0.5) is 33.4 Å². The Morgan fingerprint density at radius 3 is 1.66 bits per heavy atom. The van der Waals surface area contributed by atoms with Crippen LogP contribution in [0, 0.1) is 0 Å². The molecule has 0 saturated carbocycles. The van der Waals surface area contributed by atoms with Gasteiger partial charge in [-0.3, -0.25) is 0 Å². The van der Waals surface area contributed by atoms with Gasteiger partial charge in [0, 0.05) is 33.1 Å². The maximum atomic E-state index is 2.52. The minimum Gasteiger partial charge on any atom is -0.311 e. The van der Waals surface area contributed by atoms with Crippen LogP contribution in [0.1, 0.15) is 52.7 Å². The Bertz CT molecular complexity index is 2040. The molecule has 0 amide bonds. The number of thiophene rings is 1. The third-order valence-corrected chi connectivity index (χ3v) is 10.6. The lowest BCUT2D eigenvalue weighted by molar-refractivity contribution is 0.590. The molecular weight excluding hydrogens is 551 g/mol. The molecule has 2 nitrogen and oxygen atoms in total. The molecule has 216 valence electrons. The predicted molar refractivity (Wildman–Crippen MR) is 193 cm³/mol. The van der Waals surface area contributed by atoms with E-state index in [2.05, 4.69) is 167 Å². The van der Waals surface area contributed by atoms with Crippen LogP contribution < -0.4 is 26.2 Å². The lowest BCUT2D eigenvalue weighted by Gasteiger charge is -2.43. The Hall–Kier alpha value is -4.28. The zero-order chi connectivity index (χ0) is 30.4. The summed E-state index contributed by atoms with van der Waals surface area (Å²) in [6, 6.07) is 43.3. The van der Waals surface area contributed by atoms with Gasteiger partial charge in [0.15, 0.2) is 0 Å². The van der Waals surface area contributed by atoms with Crippen molar-refractivity contribution in [1.29, 1.82) is 0 Å². The summed E-state index contributed by atoms with van der Waals surface area (Å²) in [7, 11) is 0. The second-order valence-corrected chi connectivity index (χ2v) is 15.3. The first-order valence-electron chi connectivity index (χ1n) is 15.7. The molecule has 44 heavy (non-hydrogen) atoms.